The topological polar surface area (TPSA) is 92.5 Å². The summed E-state index contributed by atoms with van der Waals surface area (Å²) in [5.41, 5.74) is 5.90. The molecule has 1 rings (SSSR count). The van der Waals surface area contributed by atoms with Gasteiger partial charge in [0.15, 0.2) is 0 Å². The van der Waals surface area contributed by atoms with E-state index < -0.39 is 16.1 Å². The van der Waals surface area contributed by atoms with Crippen LogP contribution in [0.3, 0.4) is 0 Å². The lowest BCUT2D eigenvalue weighted by Gasteiger charge is -2.25. The lowest BCUT2D eigenvalue weighted by Crippen LogP contribution is -2.45. The van der Waals surface area contributed by atoms with Gasteiger partial charge in [-0.2, -0.15) is 0 Å². The fourth-order valence-corrected chi connectivity index (χ4v) is 2.51. The number of halogens is 1. The maximum atomic E-state index is 12.1. The van der Waals surface area contributed by atoms with Crippen LogP contribution in [0.25, 0.3) is 0 Å². The van der Waals surface area contributed by atoms with Crippen molar-refractivity contribution in [1.82, 2.24) is 4.31 Å². The molecule has 1 atom stereocenters. The zero-order valence-corrected chi connectivity index (χ0v) is 15.1. The predicted molar refractivity (Wildman–Crippen MR) is 90.6 cm³/mol. The van der Waals surface area contributed by atoms with Crippen LogP contribution in [-0.4, -0.2) is 38.8 Å². The average Bonchev–Trinajstić information content (AvgIpc) is 2.36. The summed E-state index contributed by atoms with van der Waals surface area (Å²) in [6.45, 7) is 5.60. The van der Waals surface area contributed by atoms with Crippen LogP contribution in [-0.2, 0) is 14.8 Å². The summed E-state index contributed by atoms with van der Waals surface area (Å²) in [7, 11) is -0.624. The zero-order chi connectivity index (χ0) is 16.4. The molecule has 1 aromatic rings. The van der Waals surface area contributed by atoms with Gasteiger partial charge in [0.1, 0.15) is 0 Å². The molecule has 0 aromatic heterocycles. The van der Waals surface area contributed by atoms with Crippen LogP contribution in [0, 0.1) is 5.41 Å². The van der Waals surface area contributed by atoms with Gasteiger partial charge in [0.2, 0.25) is 15.9 Å². The molecule has 0 aliphatic rings. The second kappa shape index (κ2) is 7.41. The van der Waals surface area contributed by atoms with Crippen molar-refractivity contribution in [2.24, 2.45) is 11.1 Å². The monoisotopic (exact) mass is 349 g/mol. The predicted octanol–water partition coefficient (Wildman–Crippen LogP) is 1.67. The van der Waals surface area contributed by atoms with Crippen LogP contribution in [0.4, 0.5) is 5.69 Å². The van der Waals surface area contributed by atoms with Gasteiger partial charge in [0, 0.05) is 19.8 Å². The number of hydrogen-bond donors (Lipinski definition) is 2. The second-order valence-corrected chi connectivity index (χ2v) is 8.30. The molecular weight excluding hydrogens is 326 g/mol. The Kier molecular flexibility index (Phi) is 7.02. The summed E-state index contributed by atoms with van der Waals surface area (Å²) < 4.78 is 25.2. The van der Waals surface area contributed by atoms with E-state index in [2.05, 4.69) is 5.32 Å². The molecule has 1 amide bonds. The van der Waals surface area contributed by atoms with Crippen molar-refractivity contribution in [1.29, 1.82) is 0 Å². The second-order valence-electron chi connectivity index (χ2n) is 6.15. The highest BCUT2D eigenvalue weighted by atomic mass is 35.5. The summed E-state index contributed by atoms with van der Waals surface area (Å²) in [4.78, 5) is 12.2. The number of rotatable bonds is 4. The number of nitrogens with two attached hydrogens (primary N) is 1. The SMILES string of the molecule is CN(C)S(=O)(=O)c1cccc(NC(=O)[C@@H](N)C(C)(C)C)c1.Cl. The van der Waals surface area contributed by atoms with E-state index in [1.54, 1.807) is 12.1 Å². The van der Waals surface area contributed by atoms with Crippen LogP contribution in [0.1, 0.15) is 20.8 Å². The minimum absolute atomic E-state index is 0. The Morgan fingerprint density at radius 3 is 2.27 bits per heavy atom. The molecule has 126 valence electrons. The number of carbonyl (C=O) groups is 1. The van der Waals surface area contributed by atoms with Gasteiger partial charge in [-0.1, -0.05) is 26.8 Å². The molecule has 0 unspecified atom stereocenters. The Bertz CT molecular complexity index is 624. The molecular formula is C14H24ClN3O3S. The van der Waals surface area contributed by atoms with Gasteiger partial charge < -0.3 is 11.1 Å². The lowest BCUT2D eigenvalue weighted by molar-refractivity contribution is -0.119. The molecule has 0 saturated carbocycles. The summed E-state index contributed by atoms with van der Waals surface area (Å²) in [5.74, 6) is -0.345. The molecule has 0 spiro atoms. The summed E-state index contributed by atoms with van der Waals surface area (Å²) in [5, 5.41) is 2.65. The fourth-order valence-electron chi connectivity index (χ4n) is 1.56. The highest BCUT2D eigenvalue weighted by molar-refractivity contribution is 7.89. The molecule has 22 heavy (non-hydrogen) atoms. The van der Waals surface area contributed by atoms with Gasteiger partial charge >= 0.3 is 0 Å². The first-order valence-electron chi connectivity index (χ1n) is 6.55. The van der Waals surface area contributed by atoms with Crippen LogP contribution in [0.5, 0.6) is 0 Å². The standard InChI is InChI=1S/C14H23N3O3S.ClH/c1-14(2,3)12(15)13(18)16-10-7-6-8-11(9-10)21(19,20)17(4)5;/h6-9,12H,15H2,1-5H3,(H,16,18);1H/t12-;/m1./s1. The Morgan fingerprint density at radius 2 is 1.82 bits per heavy atom. The van der Waals surface area contributed by atoms with Crippen molar-refractivity contribution in [3.05, 3.63) is 24.3 Å². The number of hydrogen-bond acceptors (Lipinski definition) is 4. The van der Waals surface area contributed by atoms with E-state index >= 15 is 0 Å². The smallest absolute Gasteiger partial charge is 0.242 e. The zero-order valence-electron chi connectivity index (χ0n) is 13.5. The van der Waals surface area contributed by atoms with E-state index in [-0.39, 0.29) is 28.6 Å². The molecule has 1 aromatic carbocycles. The maximum Gasteiger partial charge on any atom is 0.242 e. The molecule has 3 N–H and O–H groups in total. The van der Waals surface area contributed by atoms with E-state index in [1.807, 2.05) is 20.8 Å². The molecule has 0 fully saturated rings. The van der Waals surface area contributed by atoms with E-state index in [4.69, 9.17) is 5.73 Å². The van der Waals surface area contributed by atoms with Crippen molar-refractivity contribution in [3.8, 4) is 0 Å². The first-order valence-corrected chi connectivity index (χ1v) is 7.99. The van der Waals surface area contributed by atoms with E-state index in [0.717, 1.165) is 4.31 Å². The number of amides is 1. The van der Waals surface area contributed by atoms with Crippen molar-refractivity contribution in [2.75, 3.05) is 19.4 Å². The summed E-state index contributed by atoms with van der Waals surface area (Å²) in [6, 6.07) is 5.42. The molecule has 8 heteroatoms. The number of carbonyl (C=O) groups excluding carboxylic acids is 1. The Hall–Kier alpha value is -1.15. The quantitative estimate of drug-likeness (QED) is 0.864. The summed E-state index contributed by atoms with van der Waals surface area (Å²) >= 11 is 0. The third kappa shape index (κ3) is 4.95. The highest BCUT2D eigenvalue weighted by Crippen LogP contribution is 2.21. The van der Waals surface area contributed by atoms with Crippen molar-refractivity contribution in [3.63, 3.8) is 0 Å². The van der Waals surface area contributed by atoms with Crippen LogP contribution >= 0.6 is 12.4 Å². The average molecular weight is 350 g/mol. The largest absolute Gasteiger partial charge is 0.325 e. The lowest BCUT2D eigenvalue weighted by atomic mass is 9.87. The van der Waals surface area contributed by atoms with Crippen LogP contribution in [0.15, 0.2) is 29.2 Å². The number of sulfonamides is 1. The first kappa shape index (κ1) is 20.9. The van der Waals surface area contributed by atoms with Gasteiger partial charge in [-0.15, -0.1) is 12.4 Å². The van der Waals surface area contributed by atoms with E-state index in [9.17, 15) is 13.2 Å². The molecule has 0 bridgehead atoms. The Balaban J connectivity index is 0.00000441. The number of anilines is 1. The van der Waals surface area contributed by atoms with E-state index in [0.29, 0.717) is 5.69 Å². The molecule has 0 heterocycles. The normalized spacial score (nSPS) is 13.4. The fraction of sp³-hybridized carbons (Fsp3) is 0.500. The number of nitrogens with zero attached hydrogens (tertiary/aromatic N) is 1. The minimum atomic E-state index is -3.53. The molecule has 0 radical (unpaired) electrons. The molecule has 0 aliphatic heterocycles. The van der Waals surface area contributed by atoms with E-state index in [1.165, 1.54) is 26.2 Å². The van der Waals surface area contributed by atoms with Gasteiger partial charge in [-0.3, -0.25) is 4.79 Å². The van der Waals surface area contributed by atoms with Gasteiger partial charge in [-0.05, 0) is 23.6 Å². The number of nitrogens with one attached hydrogen (secondary N) is 1. The first-order chi connectivity index (χ1) is 9.46. The Labute approximate surface area is 138 Å². The third-order valence-corrected chi connectivity index (χ3v) is 4.91. The van der Waals surface area contributed by atoms with Gasteiger partial charge in [0.25, 0.3) is 0 Å². The number of benzene rings is 1. The maximum absolute atomic E-state index is 12.1. The summed E-state index contributed by atoms with van der Waals surface area (Å²) in [6.07, 6.45) is 0. The molecule has 0 aliphatic carbocycles. The van der Waals surface area contributed by atoms with Crippen molar-refractivity contribution >= 4 is 34.0 Å². The van der Waals surface area contributed by atoms with Gasteiger partial charge in [-0.25, -0.2) is 12.7 Å². The minimum Gasteiger partial charge on any atom is -0.325 e. The van der Waals surface area contributed by atoms with Crippen LogP contribution < -0.4 is 11.1 Å². The highest BCUT2D eigenvalue weighted by Gasteiger charge is 2.27. The molecule has 6 nitrogen and oxygen atoms in total. The van der Waals surface area contributed by atoms with Crippen molar-refractivity contribution < 1.29 is 13.2 Å². The van der Waals surface area contributed by atoms with Crippen molar-refractivity contribution in [2.45, 2.75) is 31.7 Å². The van der Waals surface area contributed by atoms with Crippen LogP contribution in [0.2, 0.25) is 0 Å². The molecule has 0 saturated heterocycles. The van der Waals surface area contributed by atoms with Gasteiger partial charge in [0.05, 0.1) is 10.9 Å². The Morgan fingerprint density at radius 1 is 1.27 bits per heavy atom. The third-order valence-electron chi connectivity index (χ3n) is 3.10.